The molecule has 0 aliphatic carbocycles. The molecule has 0 aliphatic rings. The van der Waals surface area contributed by atoms with Crippen molar-refractivity contribution in [3.05, 3.63) is 27.8 Å². The number of ether oxygens (including phenoxy) is 3. The number of nitrogens with zero attached hydrogens (tertiary/aromatic N) is 1. The van der Waals surface area contributed by atoms with Crippen molar-refractivity contribution in [2.45, 2.75) is 32.3 Å². The van der Waals surface area contributed by atoms with Crippen molar-refractivity contribution in [3.63, 3.8) is 0 Å². The summed E-state index contributed by atoms with van der Waals surface area (Å²) in [5.41, 5.74) is 0.522. The molecule has 1 aromatic rings. The van der Waals surface area contributed by atoms with E-state index in [2.05, 4.69) is 12.6 Å². The summed E-state index contributed by atoms with van der Waals surface area (Å²) in [7, 11) is 2.15. The number of benzene rings is 1. The van der Waals surface area contributed by atoms with Gasteiger partial charge in [-0.2, -0.15) is 12.6 Å². The van der Waals surface area contributed by atoms with E-state index >= 15 is 0 Å². The quantitative estimate of drug-likeness (QED) is 0.174. The van der Waals surface area contributed by atoms with Crippen LogP contribution >= 0.6 is 12.6 Å². The summed E-state index contributed by atoms with van der Waals surface area (Å²) in [6.45, 7) is 0.790. The number of methoxy groups -OCH3 is 1. The summed E-state index contributed by atoms with van der Waals surface area (Å²) < 4.78 is 16.7. The predicted molar refractivity (Wildman–Crippen MR) is 87.1 cm³/mol. The molecule has 0 saturated heterocycles. The van der Waals surface area contributed by atoms with Gasteiger partial charge in [0.05, 0.1) is 0 Å². The van der Waals surface area contributed by atoms with Crippen molar-refractivity contribution in [2.75, 3.05) is 26.6 Å². The van der Waals surface area contributed by atoms with Crippen LogP contribution in [0.25, 0.3) is 0 Å². The molecule has 0 radical (unpaired) electrons. The van der Waals surface area contributed by atoms with Crippen molar-refractivity contribution in [3.8, 4) is 11.5 Å². The molecule has 23 heavy (non-hydrogen) atoms. The fraction of sp³-hybridized carbons (Fsp3) is 0.600. The van der Waals surface area contributed by atoms with E-state index in [1.807, 2.05) is 0 Å². The van der Waals surface area contributed by atoms with Gasteiger partial charge in [0.15, 0.2) is 0 Å². The van der Waals surface area contributed by atoms with Gasteiger partial charge in [0.2, 0.25) is 0 Å². The van der Waals surface area contributed by atoms with Crippen molar-refractivity contribution < 1.29 is 19.1 Å². The molecule has 125 valence electrons. The van der Waals surface area contributed by atoms with Crippen LogP contribution in [0.3, 0.4) is 0 Å². The molecule has 0 saturated carbocycles. The van der Waals surface area contributed by atoms with E-state index in [1.54, 1.807) is 6.07 Å². The molecule has 0 spiro atoms. The van der Waals surface area contributed by atoms with E-state index < -0.39 is 4.92 Å². The second-order valence-corrected chi connectivity index (χ2v) is 7.22. The second-order valence-electron chi connectivity index (χ2n) is 4.93. The van der Waals surface area contributed by atoms with Gasteiger partial charge in [-0.05, 0) is 12.2 Å². The van der Waals surface area contributed by atoms with Crippen LogP contribution in [0, 0.1) is 10.1 Å². The zero-order valence-electron chi connectivity index (χ0n) is 13.5. The first-order valence-corrected chi connectivity index (χ1v) is 12.8. The van der Waals surface area contributed by atoms with Gasteiger partial charge in [0.25, 0.3) is 0 Å². The van der Waals surface area contributed by atoms with Crippen LogP contribution in [0.4, 0.5) is 5.69 Å². The number of unbranched alkanes of at least 4 members (excludes halogenated alkanes) is 3. The molecule has 6 nitrogen and oxygen atoms in total. The molecule has 0 amide bonds. The van der Waals surface area contributed by atoms with Crippen molar-refractivity contribution in [1.29, 1.82) is 0 Å². The zero-order valence-corrected chi connectivity index (χ0v) is 20.7. The topological polar surface area (TPSA) is 70.8 Å². The van der Waals surface area contributed by atoms with E-state index in [0.29, 0.717) is 30.8 Å². The van der Waals surface area contributed by atoms with E-state index in [-0.39, 0.29) is 12.3 Å². The fourth-order valence-electron chi connectivity index (χ4n) is 2.11. The molecular weight excluding hydrogens is 573 g/mol. The molecule has 0 aromatic heterocycles. The molecule has 1 rings (SSSR count). The van der Waals surface area contributed by atoms with Gasteiger partial charge >= 0.3 is 111 Å². The average Bonchev–Trinajstić information content (AvgIpc) is 2.54. The minimum atomic E-state index is -0.406. The van der Waals surface area contributed by atoms with E-state index in [0.717, 1.165) is 31.4 Å². The third kappa shape index (κ3) is 6.04. The molecule has 0 N–H and O–H groups in total. The fourth-order valence-corrected chi connectivity index (χ4v) is 3.33. The maximum atomic E-state index is 11.2. The Labute approximate surface area is 136 Å². The van der Waals surface area contributed by atoms with E-state index in [9.17, 15) is 10.1 Å². The van der Waals surface area contributed by atoms with Gasteiger partial charge in [0.1, 0.15) is 0 Å². The molecule has 8 heteroatoms. The Morgan fingerprint density at radius 1 is 1.22 bits per heavy atom. The van der Waals surface area contributed by atoms with Crippen molar-refractivity contribution in [2.24, 2.45) is 0 Å². The van der Waals surface area contributed by atoms with Crippen LogP contribution in [-0.2, 0) is 11.3 Å². The Kier molecular flexibility index (Phi) is 8.31. The molecule has 0 unspecified atom stereocenters. The SMILES string of the molecule is COc1cc(COCCCCCCS)c([N+](=O)[O-])cc1O[CH2][Rf]. The van der Waals surface area contributed by atoms with Crippen LogP contribution in [0.1, 0.15) is 31.2 Å². The van der Waals surface area contributed by atoms with Crippen LogP contribution in [0.2, 0.25) is 0 Å². The van der Waals surface area contributed by atoms with Gasteiger partial charge in [-0.25, -0.2) is 0 Å². The summed E-state index contributed by atoms with van der Waals surface area (Å²) in [5.74, 6) is 1.84. The minimum absolute atomic E-state index is 0.0134. The van der Waals surface area contributed by atoms with Gasteiger partial charge in [-0.15, -0.1) is 0 Å². The molecule has 1 aromatic carbocycles. The summed E-state index contributed by atoms with van der Waals surface area (Å²) in [6, 6.07) is 3.07. The first-order valence-electron chi connectivity index (χ1n) is 7.60. The number of rotatable bonds is 12. The number of thiol groups is 1. The van der Waals surface area contributed by atoms with Crippen LogP contribution in [0.5, 0.6) is 11.5 Å². The molecular formula is C15H22NO5RfS. The van der Waals surface area contributed by atoms with Crippen molar-refractivity contribution in [1.82, 2.24) is 0 Å². The number of nitro benzene ring substituents is 1. The number of nitro groups is 1. The molecule has 0 bridgehead atoms. The number of hydrogen-bond acceptors (Lipinski definition) is 6. The van der Waals surface area contributed by atoms with Crippen molar-refractivity contribution >= 4 is 18.3 Å². The summed E-state index contributed by atoms with van der Waals surface area (Å²) in [5, 5.41) is 11.2. The summed E-state index contributed by atoms with van der Waals surface area (Å²) in [4.78, 5) is 10.8. The standard InChI is InChI=1S/C15H22NO5S.Rf/c1-19-14-9-12(11-21-7-5-3-4-6-8-22)13(16(17)18)10-15(14)20-2;/h9-10,22H,2-8,11H2,1H3;. The molecule has 0 aliphatic heterocycles. The normalized spacial score (nSPS) is 10.6. The Hall–Kier alpha value is -2.47. The Balaban J connectivity index is 2.67. The summed E-state index contributed by atoms with van der Waals surface area (Å²) in [6.07, 6.45) is 4.27. The predicted octanol–water partition coefficient (Wildman–Crippen LogP) is 3.50. The second kappa shape index (κ2) is 10.3. The molecule has 0 atom stereocenters. The van der Waals surface area contributed by atoms with Crippen LogP contribution < -0.4 is 9.47 Å². The monoisotopic (exact) mass is 595 g/mol. The van der Waals surface area contributed by atoms with Gasteiger partial charge in [-0.3, -0.25) is 0 Å². The number of hydrogen-bond donors (Lipinski definition) is 1. The maximum absolute atomic E-state index is 11.2. The first-order chi connectivity index (χ1) is 11.1. The Bertz CT molecular complexity index is 501. The third-order valence-electron chi connectivity index (χ3n) is 3.27. The molecule has 0 fully saturated rings. The Morgan fingerprint density at radius 2 is 1.96 bits per heavy atom. The zero-order chi connectivity index (χ0) is 17.1. The molecule has 0 heterocycles. The van der Waals surface area contributed by atoms with Crippen LogP contribution in [0.15, 0.2) is 12.1 Å². The van der Waals surface area contributed by atoms with Crippen LogP contribution in [-0.4, -0.2) is 31.5 Å². The Morgan fingerprint density at radius 3 is 2.57 bits per heavy atom. The summed E-state index contributed by atoms with van der Waals surface area (Å²) >= 11 is 4.17. The first kappa shape index (κ1) is 18.6. The van der Waals surface area contributed by atoms with Gasteiger partial charge in [-0.1, -0.05) is 0 Å². The third-order valence-corrected chi connectivity index (χ3v) is 4.51. The van der Waals surface area contributed by atoms with Gasteiger partial charge in [0, 0.05) is 0 Å². The van der Waals surface area contributed by atoms with Gasteiger partial charge < -0.3 is 0 Å². The van der Waals surface area contributed by atoms with E-state index in [1.165, 1.54) is 13.2 Å². The average molecular weight is 595 g/mol. The van der Waals surface area contributed by atoms with E-state index in [4.69, 9.17) is 14.2 Å².